The fraction of sp³-hybridized carbons (Fsp3) is 0.357. The van der Waals surface area contributed by atoms with Crippen LogP contribution in [0.1, 0.15) is 25.2 Å². The van der Waals surface area contributed by atoms with Crippen LogP contribution >= 0.6 is 0 Å². The molecule has 5 nitrogen and oxygen atoms in total. The largest absolute Gasteiger partial charge is 0.377 e. The van der Waals surface area contributed by atoms with Crippen molar-refractivity contribution in [2.45, 2.75) is 26.9 Å². The molecule has 0 aliphatic carbocycles. The molecule has 1 heterocycles. The van der Waals surface area contributed by atoms with Crippen molar-refractivity contribution in [3.63, 3.8) is 0 Å². The smallest absolute Gasteiger partial charge is 0.146 e. The zero-order chi connectivity index (χ0) is 14.5. The van der Waals surface area contributed by atoms with Crippen molar-refractivity contribution >= 4 is 5.69 Å². The Kier molecular flexibility index (Phi) is 4.31. The first kappa shape index (κ1) is 14.0. The number of halogens is 1. The summed E-state index contributed by atoms with van der Waals surface area (Å²) in [6, 6.07) is 6.37. The van der Waals surface area contributed by atoms with Crippen LogP contribution in [0.25, 0.3) is 0 Å². The van der Waals surface area contributed by atoms with Crippen molar-refractivity contribution in [1.82, 2.24) is 14.8 Å². The molecule has 0 saturated carbocycles. The monoisotopic (exact) mass is 273 g/mol. The maximum absolute atomic E-state index is 13.5. The van der Waals surface area contributed by atoms with Crippen LogP contribution in [-0.2, 0) is 13.1 Å². The first-order valence-corrected chi connectivity index (χ1v) is 6.41. The lowest BCUT2D eigenvalue weighted by molar-refractivity contribution is 0.468. The Labute approximate surface area is 117 Å². The number of hydrogen-bond donors (Lipinski definition) is 1. The van der Waals surface area contributed by atoms with Crippen LogP contribution in [0.5, 0.6) is 0 Å². The van der Waals surface area contributed by atoms with E-state index in [0.717, 1.165) is 12.4 Å². The Morgan fingerprint density at radius 1 is 1.45 bits per heavy atom. The number of nitriles is 1. The molecule has 0 amide bonds. The average molecular weight is 273 g/mol. The third-order valence-corrected chi connectivity index (χ3v) is 2.80. The zero-order valence-corrected chi connectivity index (χ0v) is 11.5. The third kappa shape index (κ3) is 3.12. The van der Waals surface area contributed by atoms with Crippen LogP contribution in [0.15, 0.2) is 24.5 Å². The second-order valence-electron chi connectivity index (χ2n) is 4.88. The molecule has 2 rings (SSSR count). The molecule has 6 heteroatoms. The number of benzene rings is 1. The minimum absolute atomic E-state index is 0.0161. The molecule has 20 heavy (non-hydrogen) atoms. The number of aromatic nitrogens is 3. The van der Waals surface area contributed by atoms with Gasteiger partial charge >= 0.3 is 0 Å². The lowest BCUT2D eigenvalue weighted by Crippen LogP contribution is -2.13. The summed E-state index contributed by atoms with van der Waals surface area (Å²) in [7, 11) is 0. The molecule has 0 aliphatic rings. The van der Waals surface area contributed by atoms with Crippen LogP contribution in [0, 0.1) is 23.1 Å². The summed E-state index contributed by atoms with van der Waals surface area (Å²) in [5, 5.41) is 16.2. The van der Waals surface area contributed by atoms with E-state index in [1.807, 2.05) is 10.8 Å². The van der Waals surface area contributed by atoms with Gasteiger partial charge in [-0.05, 0) is 18.1 Å². The molecule has 1 N–H and O–H groups in total. The normalized spacial score (nSPS) is 10.6. The molecule has 2 aromatic rings. The van der Waals surface area contributed by atoms with Gasteiger partial charge < -0.3 is 5.32 Å². The Balaban J connectivity index is 2.12. The number of hydrogen-bond acceptors (Lipinski definition) is 4. The highest BCUT2D eigenvalue weighted by molar-refractivity contribution is 5.57. The Bertz CT molecular complexity index is 627. The van der Waals surface area contributed by atoms with Gasteiger partial charge in [0.05, 0.1) is 12.2 Å². The van der Waals surface area contributed by atoms with E-state index < -0.39 is 5.82 Å². The zero-order valence-electron chi connectivity index (χ0n) is 11.5. The first-order chi connectivity index (χ1) is 9.61. The van der Waals surface area contributed by atoms with E-state index in [-0.39, 0.29) is 5.56 Å². The standard InChI is InChI=1S/C14H16FN5/c1-10(2)8-20-14(18-9-19-20)7-17-13-5-3-4-12(15)11(13)6-16/h3-5,9-10,17H,7-8H2,1-2H3. The van der Waals surface area contributed by atoms with Gasteiger partial charge in [-0.3, -0.25) is 0 Å². The van der Waals surface area contributed by atoms with Crippen LogP contribution in [0.4, 0.5) is 10.1 Å². The van der Waals surface area contributed by atoms with Gasteiger partial charge in [-0.25, -0.2) is 14.1 Å². The first-order valence-electron chi connectivity index (χ1n) is 6.41. The van der Waals surface area contributed by atoms with Crippen molar-refractivity contribution in [3.05, 3.63) is 41.7 Å². The molecule has 0 bridgehead atoms. The van der Waals surface area contributed by atoms with Gasteiger partial charge in [0, 0.05) is 6.54 Å². The second kappa shape index (κ2) is 6.15. The van der Waals surface area contributed by atoms with Crippen molar-refractivity contribution in [2.75, 3.05) is 5.32 Å². The minimum atomic E-state index is -0.527. The van der Waals surface area contributed by atoms with Crippen LogP contribution < -0.4 is 5.32 Å². The topological polar surface area (TPSA) is 66.5 Å². The Morgan fingerprint density at radius 3 is 2.95 bits per heavy atom. The van der Waals surface area contributed by atoms with E-state index >= 15 is 0 Å². The molecular weight excluding hydrogens is 257 g/mol. The molecular formula is C14H16FN5. The summed E-state index contributed by atoms with van der Waals surface area (Å²) in [5.74, 6) is 0.687. The fourth-order valence-electron chi connectivity index (χ4n) is 1.88. The molecule has 0 radical (unpaired) electrons. The predicted molar refractivity (Wildman–Crippen MR) is 73.3 cm³/mol. The van der Waals surface area contributed by atoms with Gasteiger partial charge in [-0.2, -0.15) is 10.4 Å². The van der Waals surface area contributed by atoms with E-state index in [2.05, 4.69) is 29.2 Å². The SMILES string of the molecule is CC(C)Cn1ncnc1CNc1cccc(F)c1C#N. The highest BCUT2D eigenvalue weighted by Gasteiger charge is 2.10. The van der Waals surface area contributed by atoms with E-state index in [9.17, 15) is 4.39 Å². The van der Waals surface area contributed by atoms with Crippen LogP contribution in [0.3, 0.4) is 0 Å². The van der Waals surface area contributed by atoms with Gasteiger partial charge in [-0.1, -0.05) is 19.9 Å². The summed E-state index contributed by atoms with van der Waals surface area (Å²) < 4.78 is 15.3. The molecule has 1 aromatic heterocycles. The molecule has 1 aromatic carbocycles. The van der Waals surface area contributed by atoms with Gasteiger partial charge in [-0.15, -0.1) is 0 Å². The molecule has 0 atom stereocenters. The highest BCUT2D eigenvalue weighted by atomic mass is 19.1. The van der Waals surface area contributed by atoms with E-state index in [0.29, 0.717) is 18.2 Å². The number of rotatable bonds is 5. The summed E-state index contributed by atoms with van der Waals surface area (Å²) in [5.41, 5.74) is 0.481. The molecule has 0 spiro atoms. The molecule has 0 fully saturated rings. The average Bonchev–Trinajstić information content (AvgIpc) is 2.83. The maximum Gasteiger partial charge on any atom is 0.146 e. The van der Waals surface area contributed by atoms with E-state index in [4.69, 9.17) is 5.26 Å². The molecule has 0 saturated heterocycles. The van der Waals surface area contributed by atoms with Gasteiger partial charge in [0.15, 0.2) is 0 Å². The molecule has 0 unspecified atom stereocenters. The number of anilines is 1. The van der Waals surface area contributed by atoms with Crippen LogP contribution in [-0.4, -0.2) is 14.8 Å². The van der Waals surface area contributed by atoms with Crippen molar-refractivity contribution in [2.24, 2.45) is 5.92 Å². The number of nitrogens with one attached hydrogen (secondary N) is 1. The van der Waals surface area contributed by atoms with E-state index in [1.165, 1.54) is 12.4 Å². The Hall–Kier alpha value is -2.42. The summed E-state index contributed by atoms with van der Waals surface area (Å²) in [6.45, 7) is 5.36. The second-order valence-corrected chi connectivity index (χ2v) is 4.88. The lowest BCUT2D eigenvalue weighted by atomic mass is 10.2. The molecule has 104 valence electrons. The fourth-order valence-corrected chi connectivity index (χ4v) is 1.88. The van der Waals surface area contributed by atoms with Gasteiger partial charge in [0.2, 0.25) is 0 Å². The van der Waals surface area contributed by atoms with Crippen LogP contribution in [0.2, 0.25) is 0 Å². The summed E-state index contributed by atoms with van der Waals surface area (Å²) >= 11 is 0. The molecule has 0 aliphatic heterocycles. The Morgan fingerprint density at radius 2 is 2.25 bits per heavy atom. The quantitative estimate of drug-likeness (QED) is 0.909. The summed E-state index contributed by atoms with van der Waals surface area (Å²) in [6.07, 6.45) is 1.50. The predicted octanol–water partition coefficient (Wildman–Crippen LogP) is 2.56. The van der Waals surface area contributed by atoms with Crippen molar-refractivity contribution in [1.29, 1.82) is 5.26 Å². The number of nitrogens with zero attached hydrogens (tertiary/aromatic N) is 4. The van der Waals surface area contributed by atoms with Crippen molar-refractivity contribution in [3.8, 4) is 6.07 Å². The van der Waals surface area contributed by atoms with Gasteiger partial charge in [0.1, 0.15) is 29.6 Å². The highest BCUT2D eigenvalue weighted by Crippen LogP contribution is 2.18. The van der Waals surface area contributed by atoms with Gasteiger partial charge in [0.25, 0.3) is 0 Å². The third-order valence-electron chi connectivity index (χ3n) is 2.80. The lowest BCUT2D eigenvalue weighted by Gasteiger charge is -2.11. The maximum atomic E-state index is 13.5. The van der Waals surface area contributed by atoms with E-state index in [1.54, 1.807) is 12.1 Å². The van der Waals surface area contributed by atoms with Crippen molar-refractivity contribution < 1.29 is 4.39 Å². The summed E-state index contributed by atoms with van der Waals surface area (Å²) in [4.78, 5) is 4.17. The minimum Gasteiger partial charge on any atom is -0.377 e.